The molecule has 1 heterocycles. The van der Waals surface area contributed by atoms with Crippen LogP contribution < -0.4 is 19.5 Å². The summed E-state index contributed by atoms with van der Waals surface area (Å²) in [6.07, 6.45) is 0. The molecule has 0 atom stereocenters. The Kier molecular flexibility index (Phi) is 6.96. The first-order valence-corrected chi connectivity index (χ1v) is 10.7. The minimum absolute atomic E-state index is 0.109. The molecule has 0 radical (unpaired) electrons. The van der Waals surface area contributed by atoms with Crippen molar-refractivity contribution in [3.8, 4) is 34.6 Å². The minimum Gasteiger partial charge on any atom is -0.505 e. The molecule has 4 rings (SSSR count). The van der Waals surface area contributed by atoms with E-state index in [4.69, 9.17) is 19.3 Å². The third-order valence-electron chi connectivity index (χ3n) is 4.85. The van der Waals surface area contributed by atoms with E-state index in [0.29, 0.717) is 28.0 Å². The van der Waals surface area contributed by atoms with Gasteiger partial charge in [-0.15, -0.1) is 0 Å². The van der Waals surface area contributed by atoms with Gasteiger partial charge < -0.3 is 29.7 Å². The number of benzene rings is 3. The van der Waals surface area contributed by atoms with Crippen LogP contribution in [-0.4, -0.2) is 40.2 Å². The van der Waals surface area contributed by atoms with Crippen LogP contribution >= 0.6 is 0 Å². The quantitative estimate of drug-likeness (QED) is 0.318. The van der Waals surface area contributed by atoms with Crippen LogP contribution in [0.25, 0.3) is 10.8 Å². The molecule has 9 nitrogen and oxygen atoms in total. The fourth-order valence-electron chi connectivity index (χ4n) is 3.29. The highest BCUT2D eigenvalue weighted by atomic mass is 16.5. The number of fused-ring (bicyclic) bond motifs is 1. The van der Waals surface area contributed by atoms with Crippen molar-refractivity contribution in [3.63, 3.8) is 0 Å². The molecule has 178 valence electrons. The Labute approximate surface area is 200 Å². The van der Waals surface area contributed by atoms with Gasteiger partial charge in [0.15, 0.2) is 11.4 Å². The third kappa shape index (κ3) is 5.59. The molecular formula is C26H22N2O7. The summed E-state index contributed by atoms with van der Waals surface area (Å²) in [5, 5.41) is 22.3. The number of carboxylic acid groups (broad SMARTS) is 1. The van der Waals surface area contributed by atoms with Crippen molar-refractivity contribution < 1.29 is 34.0 Å². The minimum atomic E-state index is -1.22. The molecule has 3 aromatic carbocycles. The standard InChI is InChI=1S/C26H22N2O7/c1-2-33-26-21-14-19(12-13-20(21)24(31)23(28-26)25(32)27-15-22(29)30)35-18-10-8-17(9-11-18)34-16-6-4-3-5-7-16/h3-14,31H,2,15H2,1H3,(H,27,32)(H,29,30). The largest absolute Gasteiger partial charge is 0.505 e. The van der Waals surface area contributed by atoms with Gasteiger partial charge in [0.2, 0.25) is 5.88 Å². The van der Waals surface area contributed by atoms with E-state index < -0.39 is 18.4 Å². The van der Waals surface area contributed by atoms with Gasteiger partial charge in [0.25, 0.3) is 5.91 Å². The van der Waals surface area contributed by atoms with E-state index >= 15 is 0 Å². The summed E-state index contributed by atoms with van der Waals surface area (Å²) < 4.78 is 17.3. The topological polar surface area (TPSA) is 127 Å². The summed E-state index contributed by atoms with van der Waals surface area (Å²) in [5.74, 6) is 0.0733. The number of aromatic hydroxyl groups is 1. The van der Waals surface area contributed by atoms with E-state index in [2.05, 4.69) is 10.3 Å². The Morgan fingerprint density at radius 3 is 2.09 bits per heavy atom. The molecule has 0 unspecified atom stereocenters. The molecule has 35 heavy (non-hydrogen) atoms. The Morgan fingerprint density at radius 1 is 0.857 bits per heavy atom. The van der Waals surface area contributed by atoms with E-state index in [1.165, 1.54) is 0 Å². The number of aliphatic carboxylic acids is 1. The number of para-hydroxylation sites is 1. The summed E-state index contributed by atoms with van der Waals surface area (Å²) >= 11 is 0. The lowest BCUT2D eigenvalue weighted by Crippen LogP contribution is -2.30. The van der Waals surface area contributed by atoms with Crippen molar-refractivity contribution in [2.75, 3.05) is 13.2 Å². The maximum Gasteiger partial charge on any atom is 0.322 e. The SMILES string of the molecule is CCOc1nc(C(=O)NCC(=O)O)c(O)c2ccc(Oc3ccc(Oc4ccccc4)cc3)cc12. The lowest BCUT2D eigenvalue weighted by molar-refractivity contribution is -0.135. The molecule has 0 spiro atoms. The van der Waals surface area contributed by atoms with E-state index in [9.17, 15) is 14.7 Å². The number of hydrogen-bond acceptors (Lipinski definition) is 7. The van der Waals surface area contributed by atoms with Crippen molar-refractivity contribution in [2.45, 2.75) is 6.92 Å². The summed E-state index contributed by atoms with van der Waals surface area (Å²) in [6.45, 7) is 1.41. The van der Waals surface area contributed by atoms with Crippen molar-refractivity contribution in [1.82, 2.24) is 10.3 Å². The number of amides is 1. The van der Waals surface area contributed by atoms with Gasteiger partial charge in [0.1, 0.15) is 29.5 Å². The molecule has 3 N–H and O–H groups in total. The predicted molar refractivity (Wildman–Crippen MR) is 128 cm³/mol. The number of carbonyl (C=O) groups excluding carboxylic acids is 1. The summed E-state index contributed by atoms with van der Waals surface area (Å²) in [5.41, 5.74) is -0.329. The van der Waals surface area contributed by atoms with Gasteiger partial charge in [-0.3, -0.25) is 9.59 Å². The number of carbonyl (C=O) groups is 2. The van der Waals surface area contributed by atoms with Crippen LogP contribution in [0.1, 0.15) is 17.4 Å². The Hall–Kier alpha value is -4.79. The van der Waals surface area contributed by atoms with Crippen molar-refractivity contribution in [2.24, 2.45) is 0 Å². The zero-order valence-electron chi connectivity index (χ0n) is 18.7. The van der Waals surface area contributed by atoms with Crippen LogP contribution in [0.5, 0.6) is 34.6 Å². The van der Waals surface area contributed by atoms with Gasteiger partial charge in [-0.2, -0.15) is 0 Å². The fourth-order valence-corrected chi connectivity index (χ4v) is 3.29. The highest BCUT2D eigenvalue weighted by Crippen LogP contribution is 2.37. The maximum atomic E-state index is 12.3. The van der Waals surface area contributed by atoms with Gasteiger partial charge in [0, 0.05) is 5.39 Å². The predicted octanol–water partition coefficient (Wildman–Crippen LogP) is 4.74. The molecule has 0 aliphatic heterocycles. The molecule has 0 aliphatic carbocycles. The van der Waals surface area contributed by atoms with E-state index in [1.54, 1.807) is 49.4 Å². The number of hydrogen-bond donors (Lipinski definition) is 3. The summed E-state index contributed by atoms with van der Waals surface area (Å²) in [4.78, 5) is 27.2. The van der Waals surface area contributed by atoms with Crippen molar-refractivity contribution in [1.29, 1.82) is 0 Å². The number of nitrogens with one attached hydrogen (secondary N) is 1. The highest BCUT2D eigenvalue weighted by molar-refractivity contribution is 6.04. The lowest BCUT2D eigenvalue weighted by Gasteiger charge is -2.13. The number of nitrogens with zero attached hydrogens (tertiary/aromatic N) is 1. The average Bonchev–Trinajstić information content (AvgIpc) is 2.86. The number of ether oxygens (including phenoxy) is 3. The van der Waals surface area contributed by atoms with Crippen molar-refractivity contribution >= 4 is 22.6 Å². The number of carboxylic acids is 1. The molecule has 1 aromatic heterocycles. The van der Waals surface area contributed by atoms with Gasteiger partial charge in [0.05, 0.1) is 12.0 Å². The number of pyridine rings is 1. The van der Waals surface area contributed by atoms with E-state index in [1.807, 2.05) is 30.3 Å². The molecule has 9 heteroatoms. The molecule has 0 saturated carbocycles. The van der Waals surface area contributed by atoms with E-state index in [-0.39, 0.29) is 23.9 Å². The zero-order valence-corrected chi connectivity index (χ0v) is 18.7. The van der Waals surface area contributed by atoms with Crippen LogP contribution in [-0.2, 0) is 4.79 Å². The maximum absolute atomic E-state index is 12.3. The van der Waals surface area contributed by atoms with E-state index in [0.717, 1.165) is 5.75 Å². The molecular weight excluding hydrogens is 452 g/mol. The average molecular weight is 474 g/mol. The summed E-state index contributed by atoms with van der Waals surface area (Å²) in [7, 11) is 0. The number of rotatable bonds is 9. The zero-order chi connectivity index (χ0) is 24.8. The van der Waals surface area contributed by atoms with Gasteiger partial charge in [-0.1, -0.05) is 18.2 Å². The number of aromatic nitrogens is 1. The Balaban J connectivity index is 1.58. The van der Waals surface area contributed by atoms with Crippen LogP contribution in [0.15, 0.2) is 72.8 Å². The second-order valence-electron chi connectivity index (χ2n) is 7.32. The molecule has 0 saturated heterocycles. The molecule has 0 aliphatic rings. The van der Waals surface area contributed by atoms with Gasteiger partial charge in [-0.05, 0) is 61.5 Å². The van der Waals surface area contributed by atoms with Gasteiger partial charge in [-0.25, -0.2) is 4.98 Å². The Morgan fingerprint density at radius 2 is 1.46 bits per heavy atom. The first kappa shape index (κ1) is 23.4. The first-order chi connectivity index (χ1) is 16.9. The Bertz CT molecular complexity index is 1360. The normalized spacial score (nSPS) is 10.5. The molecule has 0 bridgehead atoms. The molecule has 0 fully saturated rings. The smallest absolute Gasteiger partial charge is 0.322 e. The van der Waals surface area contributed by atoms with Crippen LogP contribution in [0.4, 0.5) is 0 Å². The van der Waals surface area contributed by atoms with Crippen LogP contribution in [0.2, 0.25) is 0 Å². The molecule has 1 amide bonds. The van der Waals surface area contributed by atoms with Crippen LogP contribution in [0, 0.1) is 0 Å². The second-order valence-corrected chi connectivity index (χ2v) is 7.32. The monoisotopic (exact) mass is 474 g/mol. The second kappa shape index (κ2) is 10.4. The van der Waals surface area contributed by atoms with Crippen LogP contribution in [0.3, 0.4) is 0 Å². The van der Waals surface area contributed by atoms with Gasteiger partial charge >= 0.3 is 5.97 Å². The molecule has 4 aromatic rings. The summed E-state index contributed by atoms with van der Waals surface area (Å²) in [6, 6.07) is 21.3. The highest BCUT2D eigenvalue weighted by Gasteiger charge is 2.21. The lowest BCUT2D eigenvalue weighted by atomic mass is 10.1. The third-order valence-corrected chi connectivity index (χ3v) is 4.85. The van der Waals surface area contributed by atoms with Crippen molar-refractivity contribution in [3.05, 3.63) is 78.5 Å². The fraction of sp³-hybridized carbons (Fsp3) is 0.115. The first-order valence-electron chi connectivity index (χ1n) is 10.7.